The van der Waals surface area contributed by atoms with Crippen LogP contribution in [0.4, 0.5) is 0 Å². The van der Waals surface area contributed by atoms with Gasteiger partial charge in [-0.25, -0.2) is 0 Å². The molecule has 0 aliphatic carbocycles. The number of hydrogen-bond donors (Lipinski definition) is 0. The molecule has 48 valence electrons. The maximum absolute atomic E-state index is 10.1. The number of halogens is 1. The van der Waals surface area contributed by atoms with Gasteiger partial charge in [-0.2, -0.15) is 0 Å². The summed E-state index contributed by atoms with van der Waals surface area (Å²) in [6.07, 6.45) is 0. The average molecular weight is 185 g/mol. The standard InChI is InChI=1S/C5H3ClO2S.Na/c6-3-1-4(5(7)8)9-2-3;/h1-2H,(H,7,8);/q;+1/p-1. The van der Waals surface area contributed by atoms with Crippen molar-refractivity contribution in [2.45, 2.75) is 0 Å². The Balaban J connectivity index is 0.000000810. The van der Waals surface area contributed by atoms with Crippen LogP contribution in [0, 0.1) is 0 Å². The molecule has 0 aliphatic heterocycles. The van der Waals surface area contributed by atoms with Gasteiger partial charge in [0.1, 0.15) is 0 Å². The van der Waals surface area contributed by atoms with Crippen molar-refractivity contribution >= 4 is 28.9 Å². The largest absolute Gasteiger partial charge is 1.00 e. The molecule has 0 radical (unpaired) electrons. The molecule has 0 aromatic carbocycles. The van der Waals surface area contributed by atoms with Crippen molar-refractivity contribution in [2.24, 2.45) is 0 Å². The summed E-state index contributed by atoms with van der Waals surface area (Å²) in [5.41, 5.74) is 0. The fraction of sp³-hybridized carbons (Fsp3) is 0. The molecule has 1 aromatic heterocycles. The van der Waals surface area contributed by atoms with Gasteiger partial charge in [0.05, 0.1) is 15.9 Å². The Kier molecular flexibility index (Phi) is 4.56. The van der Waals surface area contributed by atoms with Gasteiger partial charge in [0.2, 0.25) is 0 Å². The van der Waals surface area contributed by atoms with Gasteiger partial charge < -0.3 is 9.90 Å². The Morgan fingerprint density at radius 2 is 2.30 bits per heavy atom. The zero-order valence-electron chi connectivity index (χ0n) is 5.26. The summed E-state index contributed by atoms with van der Waals surface area (Å²) >= 11 is 6.49. The van der Waals surface area contributed by atoms with E-state index < -0.39 is 5.97 Å². The van der Waals surface area contributed by atoms with Crippen LogP contribution >= 0.6 is 22.9 Å². The first-order chi connectivity index (χ1) is 4.20. The van der Waals surface area contributed by atoms with Gasteiger partial charge in [-0.15, -0.1) is 11.3 Å². The Hall–Kier alpha value is 0.460. The maximum Gasteiger partial charge on any atom is 1.00 e. The molecule has 0 unspecified atom stereocenters. The van der Waals surface area contributed by atoms with Gasteiger partial charge in [0.15, 0.2) is 0 Å². The van der Waals surface area contributed by atoms with Gasteiger partial charge in [-0.1, -0.05) is 11.6 Å². The molecule has 0 saturated carbocycles. The molecule has 0 N–H and O–H groups in total. The van der Waals surface area contributed by atoms with Crippen LogP contribution in [-0.4, -0.2) is 5.97 Å². The van der Waals surface area contributed by atoms with Gasteiger partial charge in [0, 0.05) is 5.38 Å². The van der Waals surface area contributed by atoms with Crippen LogP contribution in [0.2, 0.25) is 5.02 Å². The predicted molar refractivity (Wildman–Crippen MR) is 33.7 cm³/mol. The number of carbonyl (C=O) groups is 1. The second-order valence-corrected chi connectivity index (χ2v) is 2.76. The second kappa shape index (κ2) is 4.36. The van der Waals surface area contributed by atoms with E-state index in [1.165, 1.54) is 6.07 Å². The molecule has 0 fully saturated rings. The molecule has 0 saturated heterocycles. The summed E-state index contributed by atoms with van der Waals surface area (Å²) in [5, 5.41) is 12.0. The zero-order valence-corrected chi connectivity index (χ0v) is 8.83. The summed E-state index contributed by atoms with van der Waals surface area (Å²) in [5.74, 6) is -1.17. The third-order valence-corrected chi connectivity index (χ3v) is 2.03. The first-order valence-electron chi connectivity index (χ1n) is 2.15. The summed E-state index contributed by atoms with van der Waals surface area (Å²) in [4.78, 5) is 10.2. The minimum atomic E-state index is -1.17. The Labute approximate surface area is 89.1 Å². The van der Waals surface area contributed by atoms with Crippen molar-refractivity contribution in [1.29, 1.82) is 0 Å². The van der Waals surface area contributed by atoms with Gasteiger partial charge >= 0.3 is 29.6 Å². The van der Waals surface area contributed by atoms with E-state index in [-0.39, 0.29) is 34.4 Å². The predicted octanol–water partition coefficient (Wildman–Crippen LogP) is -2.23. The summed E-state index contributed by atoms with van der Waals surface area (Å²) < 4.78 is 0. The maximum atomic E-state index is 10.1. The Bertz CT molecular complexity index is 235. The number of aromatic carboxylic acids is 1. The van der Waals surface area contributed by atoms with Crippen molar-refractivity contribution in [3.63, 3.8) is 0 Å². The number of rotatable bonds is 1. The van der Waals surface area contributed by atoms with Gasteiger partial charge in [-0.3, -0.25) is 0 Å². The fourth-order valence-electron chi connectivity index (χ4n) is 0.420. The topological polar surface area (TPSA) is 40.1 Å². The van der Waals surface area contributed by atoms with Gasteiger partial charge in [-0.05, 0) is 6.07 Å². The second-order valence-electron chi connectivity index (χ2n) is 1.42. The van der Waals surface area contributed by atoms with Gasteiger partial charge in [0.25, 0.3) is 0 Å². The molecule has 0 spiro atoms. The van der Waals surface area contributed by atoms with Crippen molar-refractivity contribution in [3.05, 3.63) is 21.3 Å². The molecule has 10 heavy (non-hydrogen) atoms. The van der Waals surface area contributed by atoms with Crippen LogP contribution in [0.25, 0.3) is 0 Å². The van der Waals surface area contributed by atoms with Crippen LogP contribution in [0.5, 0.6) is 0 Å². The number of hydrogen-bond acceptors (Lipinski definition) is 3. The Morgan fingerprint density at radius 1 is 1.70 bits per heavy atom. The van der Waals surface area contributed by atoms with E-state index in [0.717, 1.165) is 11.3 Å². The number of carboxylic acids is 1. The first-order valence-corrected chi connectivity index (χ1v) is 3.41. The molecule has 0 atom stereocenters. The molecule has 0 amide bonds. The van der Waals surface area contributed by atoms with E-state index in [9.17, 15) is 9.90 Å². The molecule has 1 aromatic rings. The first kappa shape index (κ1) is 10.5. The molecule has 1 heterocycles. The number of thiophene rings is 1. The van der Waals surface area contributed by atoms with Crippen molar-refractivity contribution in [3.8, 4) is 0 Å². The monoisotopic (exact) mass is 184 g/mol. The average Bonchev–Trinajstić information content (AvgIpc) is 2.14. The summed E-state index contributed by atoms with van der Waals surface area (Å²) in [7, 11) is 0. The van der Waals surface area contributed by atoms with Crippen LogP contribution in [-0.2, 0) is 0 Å². The number of carbonyl (C=O) groups excluding carboxylic acids is 1. The van der Waals surface area contributed by atoms with Crippen molar-refractivity contribution < 1.29 is 39.5 Å². The van der Waals surface area contributed by atoms with Crippen molar-refractivity contribution in [2.75, 3.05) is 0 Å². The molecule has 1 rings (SSSR count). The SMILES string of the molecule is O=C([O-])c1cc(Cl)cs1.[Na+]. The van der Waals surface area contributed by atoms with Crippen LogP contribution in [0.15, 0.2) is 11.4 Å². The smallest absolute Gasteiger partial charge is 0.544 e. The van der Waals surface area contributed by atoms with E-state index in [1.807, 2.05) is 0 Å². The van der Waals surface area contributed by atoms with Crippen LogP contribution < -0.4 is 34.7 Å². The van der Waals surface area contributed by atoms with E-state index in [2.05, 4.69) is 0 Å². The molecular formula is C5H2ClNaO2S. The van der Waals surface area contributed by atoms with Crippen molar-refractivity contribution in [1.82, 2.24) is 0 Å². The van der Waals surface area contributed by atoms with Crippen LogP contribution in [0.3, 0.4) is 0 Å². The third-order valence-electron chi connectivity index (χ3n) is 0.769. The quantitative estimate of drug-likeness (QED) is 0.464. The third kappa shape index (κ3) is 2.60. The zero-order chi connectivity index (χ0) is 6.85. The molecule has 2 nitrogen and oxygen atoms in total. The van der Waals surface area contributed by atoms with Crippen LogP contribution in [0.1, 0.15) is 9.67 Å². The van der Waals surface area contributed by atoms with E-state index in [1.54, 1.807) is 5.38 Å². The number of carboxylic acid groups (broad SMARTS) is 1. The molecule has 0 bridgehead atoms. The van der Waals surface area contributed by atoms with E-state index in [4.69, 9.17) is 11.6 Å². The normalized spacial score (nSPS) is 8.50. The van der Waals surface area contributed by atoms with E-state index >= 15 is 0 Å². The molecular weight excluding hydrogens is 183 g/mol. The fourth-order valence-corrected chi connectivity index (χ4v) is 1.33. The summed E-state index contributed by atoms with van der Waals surface area (Å²) in [6.45, 7) is 0. The summed E-state index contributed by atoms with van der Waals surface area (Å²) in [6, 6.07) is 1.36. The Morgan fingerprint density at radius 3 is 2.50 bits per heavy atom. The molecule has 5 heteroatoms. The minimum absolute atomic E-state index is 0. The van der Waals surface area contributed by atoms with E-state index in [0.29, 0.717) is 5.02 Å². The molecule has 0 aliphatic rings. The minimum Gasteiger partial charge on any atom is -0.544 e.